The molecule has 0 heterocycles. The second-order valence-corrected chi connectivity index (χ2v) is 5.74. The molecule has 1 amide bonds. The first kappa shape index (κ1) is 16.2. The summed E-state index contributed by atoms with van der Waals surface area (Å²) in [6.07, 6.45) is 11.3. The molecule has 1 N–H and O–H groups in total. The van der Waals surface area contributed by atoms with E-state index in [0.29, 0.717) is 5.56 Å². The van der Waals surface area contributed by atoms with Crippen LogP contribution in [0.4, 0.5) is 5.69 Å². The van der Waals surface area contributed by atoms with Crippen LogP contribution in [0.1, 0.15) is 50.5 Å². The smallest absolute Gasteiger partial charge is 0.270 e. The van der Waals surface area contributed by atoms with Crippen molar-refractivity contribution in [3.05, 3.63) is 46.0 Å². The van der Waals surface area contributed by atoms with Gasteiger partial charge in [-0.25, -0.2) is 0 Å². The molecule has 0 unspecified atom stereocenters. The Morgan fingerprint density at radius 3 is 2.55 bits per heavy atom. The standard InChI is InChI=1S/C17H22N2O3/c20-17(18-15-8-4-2-1-3-5-9-15)12-11-14-7-6-10-16(13-14)19(21)22/h6-7,10-13,15H,1-5,8-9H2,(H,18,20). The second-order valence-electron chi connectivity index (χ2n) is 5.74. The number of hydrogen-bond acceptors (Lipinski definition) is 3. The average Bonchev–Trinajstić information content (AvgIpc) is 2.48. The van der Waals surface area contributed by atoms with E-state index in [1.807, 2.05) is 0 Å². The predicted molar refractivity (Wildman–Crippen MR) is 86.4 cm³/mol. The van der Waals surface area contributed by atoms with E-state index in [1.54, 1.807) is 18.2 Å². The van der Waals surface area contributed by atoms with Gasteiger partial charge in [0.15, 0.2) is 0 Å². The van der Waals surface area contributed by atoms with Crippen LogP contribution >= 0.6 is 0 Å². The number of carbonyl (C=O) groups excluding carboxylic acids is 1. The van der Waals surface area contributed by atoms with Gasteiger partial charge in [-0.3, -0.25) is 14.9 Å². The highest BCUT2D eigenvalue weighted by Crippen LogP contribution is 2.17. The summed E-state index contributed by atoms with van der Waals surface area (Å²) in [5.74, 6) is -0.128. The Bertz CT molecular complexity index is 547. The molecule has 0 aliphatic heterocycles. The summed E-state index contributed by atoms with van der Waals surface area (Å²) in [7, 11) is 0. The number of nitrogens with one attached hydrogen (secondary N) is 1. The Kier molecular flexibility index (Phi) is 6.13. The molecular weight excluding hydrogens is 280 g/mol. The summed E-state index contributed by atoms with van der Waals surface area (Å²) >= 11 is 0. The molecule has 0 spiro atoms. The number of rotatable bonds is 4. The van der Waals surface area contributed by atoms with Gasteiger partial charge in [0.1, 0.15) is 0 Å². The zero-order valence-corrected chi connectivity index (χ0v) is 12.7. The van der Waals surface area contributed by atoms with Gasteiger partial charge in [-0.1, -0.05) is 44.2 Å². The van der Waals surface area contributed by atoms with Crippen LogP contribution in [0.2, 0.25) is 0 Å². The predicted octanol–water partition coefficient (Wildman–Crippen LogP) is 3.84. The molecule has 0 saturated heterocycles. The number of nitrogens with zero attached hydrogens (tertiary/aromatic N) is 1. The molecule has 1 aromatic carbocycles. The number of benzene rings is 1. The molecule has 0 radical (unpaired) electrons. The Balaban J connectivity index is 1.90. The first-order valence-electron chi connectivity index (χ1n) is 7.88. The Hall–Kier alpha value is -2.17. The summed E-state index contributed by atoms with van der Waals surface area (Å²) in [6, 6.07) is 6.50. The molecule has 118 valence electrons. The maximum absolute atomic E-state index is 12.0. The summed E-state index contributed by atoms with van der Waals surface area (Å²) < 4.78 is 0. The molecule has 0 atom stereocenters. The van der Waals surface area contributed by atoms with Gasteiger partial charge in [0.2, 0.25) is 5.91 Å². The van der Waals surface area contributed by atoms with Gasteiger partial charge in [-0.05, 0) is 24.5 Å². The van der Waals surface area contributed by atoms with E-state index in [1.165, 1.54) is 50.3 Å². The lowest BCUT2D eigenvalue weighted by Gasteiger charge is -2.20. The summed E-state index contributed by atoms with van der Waals surface area (Å²) in [4.78, 5) is 22.2. The maximum atomic E-state index is 12.0. The highest BCUT2D eigenvalue weighted by molar-refractivity contribution is 5.91. The lowest BCUT2D eigenvalue weighted by molar-refractivity contribution is -0.384. The fourth-order valence-electron chi connectivity index (χ4n) is 2.76. The second kappa shape index (κ2) is 8.32. The number of non-ortho nitro benzene ring substituents is 1. The van der Waals surface area contributed by atoms with Crippen molar-refractivity contribution in [2.24, 2.45) is 0 Å². The number of carbonyl (C=O) groups is 1. The monoisotopic (exact) mass is 302 g/mol. The molecule has 2 rings (SSSR count). The first-order chi connectivity index (χ1) is 10.6. The number of amides is 1. The molecule has 1 fully saturated rings. The third kappa shape index (κ3) is 5.31. The third-order valence-corrected chi connectivity index (χ3v) is 3.96. The zero-order chi connectivity index (χ0) is 15.8. The van der Waals surface area contributed by atoms with Crippen LogP contribution in [0, 0.1) is 10.1 Å². The first-order valence-corrected chi connectivity index (χ1v) is 7.88. The molecule has 22 heavy (non-hydrogen) atoms. The minimum Gasteiger partial charge on any atom is -0.350 e. The fourth-order valence-corrected chi connectivity index (χ4v) is 2.76. The largest absolute Gasteiger partial charge is 0.350 e. The van der Waals surface area contributed by atoms with Gasteiger partial charge >= 0.3 is 0 Å². The van der Waals surface area contributed by atoms with Crippen LogP contribution in [-0.2, 0) is 4.79 Å². The molecule has 1 aliphatic rings. The van der Waals surface area contributed by atoms with Crippen LogP contribution in [0.15, 0.2) is 30.3 Å². The van der Waals surface area contributed by atoms with Gasteiger partial charge in [0.05, 0.1) is 4.92 Å². The minimum atomic E-state index is -0.439. The van der Waals surface area contributed by atoms with Crippen molar-refractivity contribution in [2.45, 2.75) is 51.0 Å². The van der Waals surface area contributed by atoms with Crippen molar-refractivity contribution in [2.75, 3.05) is 0 Å². The van der Waals surface area contributed by atoms with E-state index in [2.05, 4.69) is 5.32 Å². The topological polar surface area (TPSA) is 72.2 Å². The zero-order valence-electron chi connectivity index (χ0n) is 12.7. The van der Waals surface area contributed by atoms with Crippen molar-refractivity contribution < 1.29 is 9.72 Å². The SMILES string of the molecule is O=C(C=Cc1cccc([N+](=O)[O-])c1)NC1CCCCCCC1. The highest BCUT2D eigenvalue weighted by Gasteiger charge is 2.12. The van der Waals surface area contributed by atoms with Crippen molar-refractivity contribution in [1.29, 1.82) is 0 Å². The Labute approximate surface area is 130 Å². The van der Waals surface area contributed by atoms with Gasteiger partial charge in [-0.15, -0.1) is 0 Å². The van der Waals surface area contributed by atoms with E-state index in [0.717, 1.165) is 12.8 Å². The van der Waals surface area contributed by atoms with Gasteiger partial charge < -0.3 is 5.32 Å². The molecule has 1 aliphatic carbocycles. The Morgan fingerprint density at radius 1 is 1.18 bits per heavy atom. The number of nitro benzene ring substituents is 1. The third-order valence-electron chi connectivity index (χ3n) is 3.96. The lowest BCUT2D eigenvalue weighted by Crippen LogP contribution is -2.34. The van der Waals surface area contributed by atoms with E-state index < -0.39 is 4.92 Å². The maximum Gasteiger partial charge on any atom is 0.270 e. The lowest BCUT2D eigenvalue weighted by atomic mass is 9.97. The average molecular weight is 302 g/mol. The molecule has 5 heteroatoms. The number of hydrogen-bond donors (Lipinski definition) is 1. The number of nitro groups is 1. The van der Waals surface area contributed by atoms with Crippen LogP contribution < -0.4 is 5.32 Å². The van der Waals surface area contributed by atoms with Crippen molar-refractivity contribution in [1.82, 2.24) is 5.32 Å². The van der Waals surface area contributed by atoms with Crippen LogP contribution in [-0.4, -0.2) is 16.9 Å². The Morgan fingerprint density at radius 2 is 1.86 bits per heavy atom. The van der Waals surface area contributed by atoms with Gasteiger partial charge in [0.25, 0.3) is 5.69 Å². The van der Waals surface area contributed by atoms with E-state index in [9.17, 15) is 14.9 Å². The van der Waals surface area contributed by atoms with Crippen molar-refractivity contribution in [3.8, 4) is 0 Å². The normalized spacial score (nSPS) is 16.9. The summed E-state index contributed by atoms with van der Waals surface area (Å²) in [5.41, 5.74) is 0.685. The highest BCUT2D eigenvalue weighted by atomic mass is 16.6. The molecule has 5 nitrogen and oxygen atoms in total. The quantitative estimate of drug-likeness (QED) is 0.522. The van der Waals surface area contributed by atoms with Crippen molar-refractivity contribution >= 4 is 17.7 Å². The van der Waals surface area contributed by atoms with E-state index in [4.69, 9.17) is 0 Å². The van der Waals surface area contributed by atoms with E-state index >= 15 is 0 Å². The van der Waals surface area contributed by atoms with Crippen LogP contribution in [0.25, 0.3) is 6.08 Å². The molecular formula is C17H22N2O3. The van der Waals surface area contributed by atoms with Crippen LogP contribution in [0.5, 0.6) is 0 Å². The van der Waals surface area contributed by atoms with Crippen LogP contribution in [0.3, 0.4) is 0 Å². The summed E-state index contributed by atoms with van der Waals surface area (Å²) in [6.45, 7) is 0. The molecule has 0 aromatic heterocycles. The minimum absolute atomic E-state index is 0.0302. The molecule has 0 bridgehead atoms. The van der Waals surface area contributed by atoms with Gasteiger partial charge in [-0.2, -0.15) is 0 Å². The van der Waals surface area contributed by atoms with E-state index in [-0.39, 0.29) is 17.6 Å². The van der Waals surface area contributed by atoms with Crippen molar-refractivity contribution in [3.63, 3.8) is 0 Å². The fraction of sp³-hybridized carbons (Fsp3) is 0.471. The molecule has 1 saturated carbocycles. The molecule has 1 aromatic rings. The summed E-state index contributed by atoms with van der Waals surface area (Å²) in [5, 5.41) is 13.8. The van der Waals surface area contributed by atoms with Gasteiger partial charge in [0, 0.05) is 24.3 Å².